The van der Waals surface area contributed by atoms with Crippen LogP contribution in [0.5, 0.6) is 5.75 Å². The van der Waals surface area contributed by atoms with Crippen LogP contribution in [0.2, 0.25) is 0 Å². The highest BCUT2D eigenvalue weighted by atomic mass is 16.6. The van der Waals surface area contributed by atoms with E-state index < -0.39 is 4.92 Å². The molecule has 0 radical (unpaired) electrons. The van der Waals surface area contributed by atoms with E-state index in [1.165, 1.54) is 11.0 Å². The largest absolute Gasteiger partial charge is 0.497 e. The highest BCUT2D eigenvalue weighted by Gasteiger charge is 2.26. The third kappa shape index (κ3) is 2.99. The number of anilines is 2. The van der Waals surface area contributed by atoms with Crippen LogP contribution in [0.3, 0.4) is 0 Å². The van der Waals surface area contributed by atoms with Crippen molar-refractivity contribution < 1.29 is 9.66 Å². The van der Waals surface area contributed by atoms with Crippen molar-refractivity contribution in [3.8, 4) is 11.6 Å². The van der Waals surface area contributed by atoms with Gasteiger partial charge in [0.15, 0.2) is 0 Å². The average Bonchev–Trinajstić information content (AvgIpc) is 3.12. The van der Waals surface area contributed by atoms with Gasteiger partial charge < -0.3 is 10.1 Å². The van der Waals surface area contributed by atoms with Gasteiger partial charge in [0.25, 0.3) is 0 Å². The van der Waals surface area contributed by atoms with Crippen molar-refractivity contribution in [3.63, 3.8) is 0 Å². The van der Waals surface area contributed by atoms with E-state index in [1.54, 1.807) is 49.6 Å². The summed E-state index contributed by atoms with van der Waals surface area (Å²) in [6.07, 6.45) is 1.24. The van der Waals surface area contributed by atoms with Crippen molar-refractivity contribution in [1.29, 1.82) is 0 Å². The molecule has 2 aromatic carbocycles. The van der Waals surface area contributed by atoms with Crippen LogP contribution in [-0.4, -0.2) is 37.0 Å². The fraction of sp³-hybridized carbons (Fsp3) is 0.0588. The summed E-state index contributed by atoms with van der Waals surface area (Å²) in [4.78, 5) is 19.3. The van der Waals surface area contributed by atoms with Gasteiger partial charge in [-0.1, -0.05) is 23.4 Å². The second-order valence-electron chi connectivity index (χ2n) is 5.50. The number of hydrogen-bond acceptors (Lipinski definition) is 8. The SMILES string of the molecule is COc1cccc(Nc2ncnc(-n3nnc4ccccc43)c2[N+](=O)[O-])c1. The molecule has 0 bridgehead atoms. The minimum Gasteiger partial charge on any atom is -0.497 e. The summed E-state index contributed by atoms with van der Waals surface area (Å²) in [6.45, 7) is 0. The number of nitrogens with one attached hydrogen (secondary N) is 1. The molecular weight excluding hydrogens is 350 g/mol. The summed E-state index contributed by atoms with van der Waals surface area (Å²) < 4.78 is 6.50. The van der Waals surface area contributed by atoms with Gasteiger partial charge >= 0.3 is 5.69 Å². The first-order valence-corrected chi connectivity index (χ1v) is 7.88. The van der Waals surface area contributed by atoms with Crippen molar-refractivity contribution in [2.24, 2.45) is 0 Å². The van der Waals surface area contributed by atoms with Gasteiger partial charge in [-0.3, -0.25) is 10.1 Å². The molecule has 10 heteroatoms. The second-order valence-corrected chi connectivity index (χ2v) is 5.50. The summed E-state index contributed by atoms with van der Waals surface area (Å²) in [5, 5.41) is 22.8. The van der Waals surface area contributed by atoms with Crippen LogP contribution < -0.4 is 10.1 Å². The van der Waals surface area contributed by atoms with E-state index in [1.807, 2.05) is 6.07 Å². The highest BCUT2D eigenvalue weighted by Crippen LogP contribution is 2.31. The van der Waals surface area contributed by atoms with Gasteiger partial charge in [-0.2, -0.15) is 4.68 Å². The average molecular weight is 363 g/mol. The molecule has 0 amide bonds. The smallest absolute Gasteiger partial charge is 0.356 e. The Kier molecular flexibility index (Phi) is 4.05. The molecule has 0 spiro atoms. The van der Waals surface area contributed by atoms with Gasteiger partial charge in [-0.05, 0) is 24.3 Å². The van der Waals surface area contributed by atoms with E-state index in [-0.39, 0.29) is 17.3 Å². The quantitative estimate of drug-likeness (QED) is 0.424. The molecule has 0 fully saturated rings. The zero-order chi connectivity index (χ0) is 18.8. The molecule has 2 heterocycles. The molecule has 2 aromatic heterocycles. The first-order chi connectivity index (χ1) is 13.2. The normalized spacial score (nSPS) is 10.7. The standard InChI is InChI=1S/C17H13N7O3/c1-27-12-6-4-5-11(9-12)20-16-15(24(25)26)17(19-10-18-16)23-14-8-3-2-7-13(14)21-22-23/h2-10H,1H3,(H,18,19,20). The molecule has 4 aromatic rings. The maximum Gasteiger partial charge on any atom is 0.356 e. The molecule has 10 nitrogen and oxygen atoms in total. The molecule has 0 atom stereocenters. The van der Waals surface area contributed by atoms with E-state index in [2.05, 4.69) is 25.6 Å². The van der Waals surface area contributed by atoms with Gasteiger partial charge in [-0.15, -0.1) is 5.10 Å². The minimum absolute atomic E-state index is 0.0223. The Labute approximate surface area is 152 Å². The van der Waals surface area contributed by atoms with Crippen molar-refractivity contribution in [3.05, 3.63) is 65.0 Å². The van der Waals surface area contributed by atoms with E-state index in [0.29, 0.717) is 22.5 Å². The number of benzene rings is 2. The molecule has 0 aliphatic carbocycles. The number of methoxy groups -OCH3 is 1. The Hall–Kier alpha value is -4.08. The van der Waals surface area contributed by atoms with Crippen LogP contribution in [0.25, 0.3) is 16.9 Å². The maximum absolute atomic E-state index is 11.8. The van der Waals surface area contributed by atoms with Gasteiger partial charge in [-0.25, -0.2) is 9.97 Å². The number of hydrogen-bond donors (Lipinski definition) is 1. The van der Waals surface area contributed by atoms with Crippen molar-refractivity contribution in [1.82, 2.24) is 25.0 Å². The van der Waals surface area contributed by atoms with Gasteiger partial charge in [0.05, 0.1) is 17.5 Å². The van der Waals surface area contributed by atoms with Gasteiger partial charge in [0, 0.05) is 11.8 Å². The molecule has 0 aliphatic rings. The Bertz CT molecular complexity index is 1140. The zero-order valence-corrected chi connectivity index (χ0v) is 14.1. The molecule has 27 heavy (non-hydrogen) atoms. The Morgan fingerprint density at radius 3 is 2.81 bits per heavy atom. The third-order valence-corrected chi connectivity index (χ3v) is 3.87. The predicted molar refractivity (Wildman–Crippen MR) is 97.4 cm³/mol. The molecule has 4 rings (SSSR count). The fourth-order valence-electron chi connectivity index (χ4n) is 2.65. The second kappa shape index (κ2) is 6.67. The van der Waals surface area contributed by atoms with Crippen molar-refractivity contribution in [2.45, 2.75) is 0 Å². The number of nitro groups is 1. The summed E-state index contributed by atoms with van der Waals surface area (Å²) in [6, 6.07) is 14.1. The molecule has 0 saturated carbocycles. The van der Waals surface area contributed by atoms with Crippen LogP contribution in [0.1, 0.15) is 0 Å². The lowest BCUT2D eigenvalue weighted by molar-refractivity contribution is -0.384. The fourth-order valence-corrected chi connectivity index (χ4v) is 2.65. The Morgan fingerprint density at radius 1 is 1.15 bits per heavy atom. The lowest BCUT2D eigenvalue weighted by Gasteiger charge is -2.09. The topological polar surface area (TPSA) is 121 Å². The number of fused-ring (bicyclic) bond motifs is 1. The summed E-state index contributed by atoms with van der Waals surface area (Å²) >= 11 is 0. The monoisotopic (exact) mass is 363 g/mol. The summed E-state index contributed by atoms with van der Waals surface area (Å²) in [5.41, 5.74) is 1.49. The summed E-state index contributed by atoms with van der Waals surface area (Å²) in [7, 11) is 1.54. The van der Waals surface area contributed by atoms with Crippen molar-refractivity contribution >= 4 is 28.2 Å². The lowest BCUT2D eigenvalue weighted by Crippen LogP contribution is -2.09. The molecule has 0 aliphatic heterocycles. The van der Waals surface area contributed by atoms with Crippen molar-refractivity contribution in [2.75, 3.05) is 12.4 Å². The van der Waals surface area contributed by atoms with Gasteiger partial charge in [0.2, 0.25) is 11.6 Å². The molecular formula is C17H13N7O3. The van der Waals surface area contributed by atoms with Crippen LogP contribution in [-0.2, 0) is 0 Å². The minimum atomic E-state index is -0.547. The first-order valence-electron chi connectivity index (χ1n) is 7.88. The van der Waals surface area contributed by atoms with E-state index >= 15 is 0 Å². The molecule has 1 N–H and O–H groups in total. The molecule has 0 unspecified atom stereocenters. The predicted octanol–water partition coefficient (Wildman–Crippen LogP) is 2.87. The highest BCUT2D eigenvalue weighted by molar-refractivity contribution is 5.78. The first kappa shape index (κ1) is 16.4. The number of rotatable bonds is 5. The van der Waals surface area contributed by atoms with Crippen LogP contribution >= 0.6 is 0 Å². The lowest BCUT2D eigenvalue weighted by atomic mass is 10.3. The number of ether oxygens (including phenoxy) is 1. The zero-order valence-electron chi connectivity index (χ0n) is 14.1. The van der Waals surface area contributed by atoms with E-state index in [4.69, 9.17) is 4.74 Å². The number of aromatic nitrogens is 5. The summed E-state index contributed by atoms with van der Waals surface area (Å²) in [5.74, 6) is 0.672. The Balaban J connectivity index is 1.84. The van der Waals surface area contributed by atoms with E-state index in [9.17, 15) is 10.1 Å². The van der Waals surface area contributed by atoms with Crippen LogP contribution in [0.4, 0.5) is 17.2 Å². The van der Waals surface area contributed by atoms with E-state index in [0.717, 1.165) is 0 Å². The molecule has 134 valence electrons. The van der Waals surface area contributed by atoms with Gasteiger partial charge in [0.1, 0.15) is 17.6 Å². The maximum atomic E-state index is 11.8. The third-order valence-electron chi connectivity index (χ3n) is 3.87. The molecule has 0 saturated heterocycles. The number of para-hydroxylation sites is 1. The van der Waals surface area contributed by atoms with Crippen LogP contribution in [0, 0.1) is 10.1 Å². The number of nitrogens with zero attached hydrogens (tertiary/aromatic N) is 6. The van der Waals surface area contributed by atoms with Crippen LogP contribution in [0.15, 0.2) is 54.9 Å². The Morgan fingerprint density at radius 2 is 2.00 bits per heavy atom.